The minimum Gasteiger partial charge on any atom is -0.366 e. The van der Waals surface area contributed by atoms with Crippen LogP contribution < -0.4 is 10.6 Å². The van der Waals surface area contributed by atoms with Crippen LogP contribution in [0.25, 0.3) is 0 Å². The normalized spacial score (nSPS) is 22.9. The molecular weight excluding hydrogens is 305 g/mol. The molecule has 0 bridgehead atoms. The monoisotopic (exact) mass is 323 g/mol. The van der Waals surface area contributed by atoms with Crippen LogP contribution in [0.5, 0.6) is 0 Å². The molecule has 1 aromatic heterocycles. The zero-order valence-electron chi connectivity index (χ0n) is 12.6. The van der Waals surface area contributed by atoms with Crippen molar-refractivity contribution in [2.24, 2.45) is 0 Å². The van der Waals surface area contributed by atoms with Gasteiger partial charge in [-0.1, -0.05) is 24.4 Å². The van der Waals surface area contributed by atoms with Gasteiger partial charge in [0, 0.05) is 12.2 Å². The molecule has 0 saturated heterocycles. The number of hydrogen-bond donors (Lipinski definition) is 2. The summed E-state index contributed by atoms with van der Waals surface area (Å²) < 4.78 is 12.9. The molecule has 1 aromatic rings. The van der Waals surface area contributed by atoms with Crippen LogP contribution in [0.2, 0.25) is 5.02 Å². The number of carbonyl (C=O) groups is 1. The van der Waals surface area contributed by atoms with Gasteiger partial charge in [-0.2, -0.15) is 0 Å². The third kappa shape index (κ3) is 3.69. The summed E-state index contributed by atoms with van der Waals surface area (Å²) in [6, 6.07) is 1.52. The minimum absolute atomic E-state index is 0.0135. The molecule has 1 saturated carbocycles. The Morgan fingerprint density at radius 2 is 2.32 bits per heavy atom. The molecule has 2 N–H and O–H groups in total. The average molecular weight is 324 g/mol. The van der Waals surface area contributed by atoms with Gasteiger partial charge in [-0.25, -0.2) is 9.37 Å². The second-order valence-electron chi connectivity index (χ2n) is 5.74. The third-order valence-corrected chi connectivity index (χ3v) is 4.14. The zero-order chi connectivity index (χ0) is 16.3. The first-order valence-corrected chi connectivity index (χ1v) is 7.61. The number of nitrogens with zero attached hydrogens (tertiary/aromatic N) is 1. The van der Waals surface area contributed by atoms with E-state index in [-0.39, 0.29) is 11.9 Å². The Kier molecular flexibility index (Phi) is 4.92. The van der Waals surface area contributed by atoms with E-state index < -0.39 is 11.7 Å². The number of hydrogen-bond acceptors (Lipinski definition) is 3. The molecule has 0 spiro atoms. The molecule has 1 aliphatic carbocycles. The van der Waals surface area contributed by atoms with Gasteiger partial charge in [-0.3, -0.25) is 4.79 Å². The Hall–Kier alpha value is -1.80. The maximum atomic E-state index is 12.9. The highest BCUT2D eigenvalue weighted by Gasteiger charge is 2.31. The van der Waals surface area contributed by atoms with Crippen LogP contribution in [0, 0.1) is 12.3 Å². The molecule has 6 heteroatoms. The Bertz CT molecular complexity index is 610. The summed E-state index contributed by atoms with van der Waals surface area (Å²) in [5.74, 6) is 2.62. The molecule has 0 aliphatic heterocycles. The molecular formula is C16H19ClFN3O. The van der Waals surface area contributed by atoms with E-state index in [2.05, 4.69) is 21.5 Å². The fraction of sp³-hybridized carbons (Fsp3) is 0.500. The Morgan fingerprint density at radius 3 is 2.86 bits per heavy atom. The summed E-state index contributed by atoms with van der Waals surface area (Å²) in [6.07, 6.45) is 7.57. The Morgan fingerprint density at radius 1 is 1.64 bits per heavy atom. The van der Waals surface area contributed by atoms with Crippen molar-refractivity contribution < 1.29 is 9.18 Å². The molecule has 1 heterocycles. The van der Waals surface area contributed by atoms with Gasteiger partial charge in [0.1, 0.15) is 12.0 Å². The van der Waals surface area contributed by atoms with Gasteiger partial charge in [0.15, 0.2) is 0 Å². The van der Waals surface area contributed by atoms with Crippen LogP contribution in [0.4, 0.5) is 10.2 Å². The second-order valence-corrected chi connectivity index (χ2v) is 6.18. The van der Waals surface area contributed by atoms with Crippen LogP contribution in [-0.2, 0) is 0 Å². The van der Waals surface area contributed by atoms with E-state index in [4.69, 9.17) is 18.0 Å². The smallest absolute Gasteiger partial charge is 0.256 e. The predicted molar refractivity (Wildman–Crippen MR) is 85.8 cm³/mol. The number of alkyl halides is 1. The van der Waals surface area contributed by atoms with Gasteiger partial charge in [-0.15, -0.1) is 6.42 Å². The summed E-state index contributed by atoms with van der Waals surface area (Å²) >= 11 is 5.94. The van der Waals surface area contributed by atoms with Crippen LogP contribution in [0.15, 0.2) is 12.3 Å². The summed E-state index contributed by atoms with van der Waals surface area (Å²) in [5, 5.41) is 6.25. The number of aromatic nitrogens is 1. The highest BCUT2D eigenvalue weighted by atomic mass is 35.5. The van der Waals surface area contributed by atoms with Crippen molar-refractivity contribution in [2.75, 3.05) is 5.32 Å². The van der Waals surface area contributed by atoms with Crippen molar-refractivity contribution in [3.63, 3.8) is 0 Å². The van der Waals surface area contributed by atoms with Crippen LogP contribution in [0.1, 0.15) is 43.5 Å². The zero-order valence-corrected chi connectivity index (χ0v) is 13.4. The minimum atomic E-state index is -0.785. The van der Waals surface area contributed by atoms with Crippen molar-refractivity contribution in [1.82, 2.24) is 10.3 Å². The number of halogens is 2. The average Bonchev–Trinajstić information content (AvgIpc) is 2.47. The summed E-state index contributed by atoms with van der Waals surface area (Å²) in [6.45, 7) is 3.67. The number of rotatable bonds is 5. The molecule has 0 radical (unpaired) electrons. The topological polar surface area (TPSA) is 54.0 Å². The fourth-order valence-electron chi connectivity index (χ4n) is 2.13. The largest absolute Gasteiger partial charge is 0.366 e. The molecule has 1 amide bonds. The molecule has 1 fully saturated rings. The first-order chi connectivity index (χ1) is 10.4. The van der Waals surface area contributed by atoms with Gasteiger partial charge < -0.3 is 10.6 Å². The first kappa shape index (κ1) is 16.6. The molecule has 1 aliphatic rings. The lowest BCUT2D eigenvalue weighted by Gasteiger charge is -2.31. The van der Waals surface area contributed by atoms with E-state index in [0.717, 1.165) is 0 Å². The van der Waals surface area contributed by atoms with Gasteiger partial charge in [0.25, 0.3) is 5.91 Å². The Balaban J connectivity index is 2.19. The van der Waals surface area contributed by atoms with Crippen LogP contribution in [-0.4, -0.2) is 28.6 Å². The Labute approximate surface area is 134 Å². The molecule has 0 unspecified atom stereocenters. The van der Waals surface area contributed by atoms with Crippen LogP contribution >= 0.6 is 11.6 Å². The second kappa shape index (κ2) is 6.53. The summed E-state index contributed by atoms with van der Waals surface area (Å²) in [5.41, 5.74) is -0.429. The predicted octanol–water partition coefficient (Wildman–Crippen LogP) is 3.18. The van der Waals surface area contributed by atoms with Gasteiger partial charge in [0.2, 0.25) is 0 Å². The maximum Gasteiger partial charge on any atom is 0.256 e. The van der Waals surface area contributed by atoms with E-state index in [1.807, 2.05) is 6.92 Å². The van der Waals surface area contributed by atoms with Crippen molar-refractivity contribution in [3.8, 4) is 12.3 Å². The van der Waals surface area contributed by atoms with Crippen molar-refractivity contribution in [1.29, 1.82) is 0 Å². The number of carbonyl (C=O) groups excluding carboxylic acids is 1. The lowest BCUT2D eigenvalue weighted by atomic mass is 9.90. The SMILES string of the molecule is C#C[C@](C)(CC)NC(=O)c1cc(Cl)cnc1NC1CC(F)C1. The highest BCUT2D eigenvalue weighted by molar-refractivity contribution is 6.31. The number of terminal acetylenes is 1. The third-order valence-electron chi connectivity index (χ3n) is 3.94. The summed E-state index contributed by atoms with van der Waals surface area (Å²) in [7, 11) is 0. The van der Waals surface area contributed by atoms with E-state index in [9.17, 15) is 9.18 Å². The van der Waals surface area contributed by atoms with Crippen LogP contribution in [0.3, 0.4) is 0 Å². The van der Waals surface area contributed by atoms with Gasteiger partial charge in [0.05, 0.1) is 16.1 Å². The molecule has 4 nitrogen and oxygen atoms in total. The standard InChI is InChI=1S/C16H19ClFN3O/c1-4-16(3,5-2)21-15(22)13-6-10(17)9-19-14(13)20-12-7-11(18)8-12/h1,6,9,11-12H,5,7-8H2,2-3H3,(H,19,20)(H,21,22)/t11?,12?,16-/m1/s1. The molecule has 22 heavy (non-hydrogen) atoms. The lowest BCUT2D eigenvalue weighted by molar-refractivity contribution is 0.0924. The number of nitrogens with one attached hydrogen (secondary N) is 2. The molecule has 118 valence electrons. The van der Waals surface area contributed by atoms with Crippen molar-refractivity contribution in [3.05, 3.63) is 22.8 Å². The van der Waals surface area contributed by atoms with E-state index in [1.54, 1.807) is 6.92 Å². The molecule has 1 atom stereocenters. The van der Waals surface area contributed by atoms with Gasteiger partial charge >= 0.3 is 0 Å². The van der Waals surface area contributed by atoms with Gasteiger partial charge in [-0.05, 0) is 32.3 Å². The van der Waals surface area contributed by atoms with E-state index in [1.165, 1.54) is 12.3 Å². The summed E-state index contributed by atoms with van der Waals surface area (Å²) in [4.78, 5) is 16.6. The molecule has 0 aromatic carbocycles. The number of amides is 1. The number of pyridine rings is 1. The number of anilines is 1. The van der Waals surface area contributed by atoms with Crippen molar-refractivity contribution in [2.45, 2.75) is 50.9 Å². The maximum absolute atomic E-state index is 12.9. The quantitative estimate of drug-likeness (QED) is 0.818. The first-order valence-electron chi connectivity index (χ1n) is 7.23. The van der Waals surface area contributed by atoms with E-state index >= 15 is 0 Å². The van der Waals surface area contributed by atoms with Crippen molar-refractivity contribution >= 4 is 23.3 Å². The lowest BCUT2D eigenvalue weighted by Crippen LogP contribution is -2.45. The van der Waals surface area contributed by atoms with E-state index in [0.29, 0.717) is 35.7 Å². The highest BCUT2D eigenvalue weighted by Crippen LogP contribution is 2.28. The fourth-order valence-corrected chi connectivity index (χ4v) is 2.29. The molecule has 2 rings (SSSR count).